The third kappa shape index (κ3) is 2.70. The summed E-state index contributed by atoms with van der Waals surface area (Å²) in [5.74, 6) is 2.43. The van der Waals surface area contributed by atoms with Crippen LogP contribution < -0.4 is 0 Å². The van der Waals surface area contributed by atoms with Gasteiger partial charge in [-0.3, -0.25) is 9.69 Å². The quantitative estimate of drug-likeness (QED) is 0.743. The molecule has 2 aliphatic heterocycles. The molecule has 1 N–H and O–H groups in total. The lowest BCUT2D eigenvalue weighted by Gasteiger charge is -2.33. The minimum absolute atomic E-state index is 0.0220. The van der Waals surface area contributed by atoms with E-state index in [-0.39, 0.29) is 18.1 Å². The molecule has 0 aromatic rings. The Hall–Kier alpha value is -0.260. The van der Waals surface area contributed by atoms with Crippen molar-refractivity contribution in [1.29, 1.82) is 0 Å². The Bertz CT molecular complexity index is 256. The van der Waals surface area contributed by atoms with Crippen molar-refractivity contribution in [3.63, 3.8) is 0 Å². The number of carbonyl (C=O) groups excluding carboxylic acids is 1. The maximum Gasteiger partial charge on any atom is 0.239 e. The number of aliphatic hydroxyl groups excluding tert-OH is 1. The summed E-state index contributed by atoms with van der Waals surface area (Å²) in [6.45, 7) is 5.24. The van der Waals surface area contributed by atoms with Crippen molar-refractivity contribution in [2.45, 2.75) is 25.5 Å². The lowest BCUT2D eigenvalue weighted by molar-refractivity contribution is -0.135. The van der Waals surface area contributed by atoms with E-state index in [4.69, 9.17) is 0 Å². The zero-order valence-corrected chi connectivity index (χ0v) is 10.6. The Morgan fingerprint density at radius 1 is 1.38 bits per heavy atom. The summed E-state index contributed by atoms with van der Waals surface area (Å²) in [7, 11) is 0. The van der Waals surface area contributed by atoms with E-state index in [1.807, 2.05) is 18.7 Å². The Balaban J connectivity index is 1.88. The number of amides is 1. The predicted octanol–water partition coefficient (Wildman–Crippen LogP) is 0.0169. The van der Waals surface area contributed by atoms with E-state index >= 15 is 0 Å². The van der Waals surface area contributed by atoms with Gasteiger partial charge in [0.1, 0.15) is 0 Å². The number of thioether (sulfide) groups is 1. The van der Waals surface area contributed by atoms with Gasteiger partial charge in [0.15, 0.2) is 0 Å². The second-order valence-electron chi connectivity index (χ2n) is 4.55. The molecule has 2 saturated heterocycles. The minimum atomic E-state index is -0.312. The van der Waals surface area contributed by atoms with Crippen molar-refractivity contribution in [1.82, 2.24) is 9.80 Å². The molecule has 2 heterocycles. The van der Waals surface area contributed by atoms with Crippen molar-refractivity contribution in [3.8, 4) is 0 Å². The number of hydrogen-bond acceptors (Lipinski definition) is 4. The number of nitrogens with zero attached hydrogens (tertiary/aromatic N) is 2. The molecule has 92 valence electrons. The monoisotopic (exact) mass is 244 g/mol. The summed E-state index contributed by atoms with van der Waals surface area (Å²) in [5, 5.41) is 9.43. The molecule has 5 heteroatoms. The van der Waals surface area contributed by atoms with E-state index in [2.05, 4.69) is 4.90 Å². The molecule has 0 aromatic heterocycles. The van der Waals surface area contributed by atoms with Crippen LogP contribution in [0.15, 0.2) is 0 Å². The number of aliphatic hydroxyl groups is 1. The molecule has 2 rings (SSSR count). The fourth-order valence-corrected chi connectivity index (χ4v) is 3.26. The van der Waals surface area contributed by atoms with Gasteiger partial charge in [0, 0.05) is 37.7 Å². The van der Waals surface area contributed by atoms with E-state index in [0.29, 0.717) is 13.1 Å². The molecule has 2 aliphatic rings. The first-order valence-corrected chi connectivity index (χ1v) is 7.12. The topological polar surface area (TPSA) is 43.8 Å². The van der Waals surface area contributed by atoms with Crippen LogP contribution in [-0.4, -0.2) is 70.6 Å². The lowest BCUT2D eigenvalue weighted by atomic mass is 10.2. The lowest BCUT2D eigenvalue weighted by Crippen LogP contribution is -2.49. The number of rotatable bonds is 2. The summed E-state index contributed by atoms with van der Waals surface area (Å²) in [5.41, 5.74) is 0. The van der Waals surface area contributed by atoms with Crippen LogP contribution in [0.4, 0.5) is 0 Å². The molecule has 0 aromatic carbocycles. The van der Waals surface area contributed by atoms with Crippen molar-refractivity contribution in [3.05, 3.63) is 0 Å². The number of hydrogen-bond donors (Lipinski definition) is 1. The van der Waals surface area contributed by atoms with Crippen LogP contribution in [0.2, 0.25) is 0 Å². The van der Waals surface area contributed by atoms with Gasteiger partial charge in [-0.05, 0) is 13.3 Å². The summed E-state index contributed by atoms with van der Waals surface area (Å²) in [4.78, 5) is 16.2. The standard InChI is InChI=1S/C11H20N2O2S/c1-9(12-4-6-16-7-5-12)11(15)13-3-2-10(14)8-13/h9-10,14H,2-8H2,1H3/t9?,10-/m0/s1. The fourth-order valence-electron chi connectivity index (χ4n) is 2.33. The maximum atomic E-state index is 12.2. The van der Waals surface area contributed by atoms with Crippen LogP contribution >= 0.6 is 11.8 Å². The Kier molecular flexibility index (Phi) is 4.10. The van der Waals surface area contributed by atoms with Gasteiger partial charge in [0.2, 0.25) is 5.91 Å². The molecule has 4 nitrogen and oxygen atoms in total. The van der Waals surface area contributed by atoms with E-state index in [1.165, 1.54) is 0 Å². The Morgan fingerprint density at radius 3 is 2.62 bits per heavy atom. The number of likely N-dealkylation sites (tertiary alicyclic amines) is 1. The molecule has 1 amide bonds. The first kappa shape index (κ1) is 12.2. The number of β-amino-alcohol motifs (C(OH)–C–C–N with tert-alkyl or cyclic N) is 1. The van der Waals surface area contributed by atoms with Gasteiger partial charge in [0.05, 0.1) is 12.1 Å². The number of carbonyl (C=O) groups is 1. The molecule has 1 unspecified atom stereocenters. The molecule has 0 bridgehead atoms. The van der Waals surface area contributed by atoms with Crippen LogP contribution in [0, 0.1) is 0 Å². The Morgan fingerprint density at radius 2 is 2.06 bits per heavy atom. The predicted molar refractivity (Wildman–Crippen MR) is 65.6 cm³/mol. The zero-order valence-electron chi connectivity index (χ0n) is 9.76. The summed E-state index contributed by atoms with van der Waals surface area (Å²) in [6.07, 6.45) is 0.418. The van der Waals surface area contributed by atoms with Crippen molar-refractivity contribution < 1.29 is 9.90 Å². The third-order valence-electron chi connectivity index (χ3n) is 3.43. The average molecular weight is 244 g/mol. The van der Waals surface area contributed by atoms with Gasteiger partial charge >= 0.3 is 0 Å². The Labute approximate surface area is 101 Å². The van der Waals surface area contributed by atoms with Gasteiger partial charge < -0.3 is 10.0 Å². The van der Waals surface area contributed by atoms with Crippen LogP contribution in [0.25, 0.3) is 0 Å². The fraction of sp³-hybridized carbons (Fsp3) is 0.909. The SMILES string of the molecule is CC(C(=O)N1CC[C@H](O)C1)N1CCSCC1. The van der Waals surface area contributed by atoms with Crippen molar-refractivity contribution >= 4 is 17.7 Å². The van der Waals surface area contributed by atoms with Gasteiger partial charge in [-0.25, -0.2) is 0 Å². The van der Waals surface area contributed by atoms with E-state index in [0.717, 1.165) is 31.0 Å². The molecular weight excluding hydrogens is 224 g/mol. The normalized spacial score (nSPS) is 29.4. The molecular formula is C11H20N2O2S. The van der Waals surface area contributed by atoms with Gasteiger partial charge in [-0.15, -0.1) is 0 Å². The molecule has 2 fully saturated rings. The molecule has 2 atom stereocenters. The van der Waals surface area contributed by atoms with Gasteiger partial charge in [-0.2, -0.15) is 11.8 Å². The molecule has 0 aliphatic carbocycles. The maximum absolute atomic E-state index is 12.2. The van der Waals surface area contributed by atoms with E-state index < -0.39 is 0 Å². The highest BCUT2D eigenvalue weighted by Crippen LogP contribution is 2.16. The smallest absolute Gasteiger partial charge is 0.239 e. The van der Waals surface area contributed by atoms with Gasteiger partial charge in [0.25, 0.3) is 0 Å². The highest BCUT2D eigenvalue weighted by atomic mass is 32.2. The van der Waals surface area contributed by atoms with Gasteiger partial charge in [-0.1, -0.05) is 0 Å². The van der Waals surface area contributed by atoms with Crippen LogP contribution in [0.1, 0.15) is 13.3 Å². The molecule has 0 spiro atoms. The van der Waals surface area contributed by atoms with Crippen LogP contribution in [0.5, 0.6) is 0 Å². The first-order chi connectivity index (χ1) is 7.68. The van der Waals surface area contributed by atoms with Crippen molar-refractivity contribution in [2.24, 2.45) is 0 Å². The summed E-state index contributed by atoms with van der Waals surface area (Å²) < 4.78 is 0. The zero-order chi connectivity index (χ0) is 11.5. The van der Waals surface area contributed by atoms with E-state index in [1.54, 1.807) is 4.90 Å². The third-order valence-corrected chi connectivity index (χ3v) is 4.37. The molecule has 16 heavy (non-hydrogen) atoms. The van der Waals surface area contributed by atoms with Crippen LogP contribution in [0.3, 0.4) is 0 Å². The van der Waals surface area contributed by atoms with E-state index in [9.17, 15) is 9.90 Å². The first-order valence-electron chi connectivity index (χ1n) is 5.97. The second-order valence-corrected chi connectivity index (χ2v) is 5.78. The summed E-state index contributed by atoms with van der Waals surface area (Å²) >= 11 is 1.95. The molecule has 0 saturated carbocycles. The summed E-state index contributed by atoms with van der Waals surface area (Å²) in [6, 6.07) is -0.0220. The van der Waals surface area contributed by atoms with Crippen molar-refractivity contribution in [2.75, 3.05) is 37.7 Å². The molecule has 0 radical (unpaired) electrons. The highest BCUT2D eigenvalue weighted by molar-refractivity contribution is 7.99. The minimum Gasteiger partial charge on any atom is -0.391 e. The largest absolute Gasteiger partial charge is 0.391 e. The highest BCUT2D eigenvalue weighted by Gasteiger charge is 2.31. The second kappa shape index (κ2) is 5.38. The average Bonchev–Trinajstić information content (AvgIpc) is 2.75. The van der Waals surface area contributed by atoms with Crippen LogP contribution in [-0.2, 0) is 4.79 Å².